The number of halogens is 1. The van der Waals surface area contributed by atoms with Crippen LogP contribution in [0.2, 0.25) is 0 Å². The molecule has 0 radical (unpaired) electrons. The van der Waals surface area contributed by atoms with Crippen molar-refractivity contribution in [3.63, 3.8) is 0 Å². The minimum Gasteiger partial charge on any atom is -0.355 e. The summed E-state index contributed by atoms with van der Waals surface area (Å²) >= 11 is 0. The fourth-order valence-corrected chi connectivity index (χ4v) is 4.24. The summed E-state index contributed by atoms with van der Waals surface area (Å²) in [5.74, 6) is 1.38. The Hall–Kier alpha value is -0.130. The third-order valence-electron chi connectivity index (χ3n) is 4.77. The van der Waals surface area contributed by atoms with Crippen LogP contribution in [0, 0.1) is 0 Å². The molecule has 9 heteroatoms. The number of nitrogens with one attached hydrogen (secondary N) is 2. The number of hydrogen-bond acceptors (Lipinski definition) is 5. The van der Waals surface area contributed by atoms with Crippen LogP contribution in [0.15, 0.2) is 4.99 Å². The van der Waals surface area contributed by atoms with Crippen LogP contribution in [0.5, 0.6) is 0 Å². The number of sulfone groups is 1. The normalized spacial score (nSPS) is 19.0. The molecule has 156 valence electrons. The van der Waals surface area contributed by atoms with Crippen LogP contribution in [-0.4, -0.2) is 94.6 Å². The highest BCUT2D eigenvalue weighted by Crippen LogP contribution is 2.02. The molecular weight excluding hydrogens is 465 g/mol. The van der Waals surface area contributed by atoms with Crippen LogP contribution >= 0.6 is 24.0 Å². The first-order valence-corrected chi connectivity index (χ1v) is 11.3. The second kappa shape index (κ2) is 14.0. The molecular formula is C17H38IN5O2S. The van der Waals surface area contributed by atoms with Gasteiger partial charge in [-0.1, -0.05) is 13.8 Å². The van der Waals surface area contributed by atoms with Gasteiger partial charge in [-0.2, -0.15) is 0 Å². The molecule has 0 aromatic carbocycles. The Balaban J connectivity index is 0.00000625. The minimum atomic E-state index is -2.80. The molecule has 0 aliphatic carbocycles. The van der Waals surface area contributed by atoms with Gasteiger partial charge in [-0.15, -0.1) is 24.0 Å². The summed E-state index contributed by atoms with van der Waals surface area (Å²) in [4.78, 5) is 8.91. The third-order valence-corrected chi connectivity index (χ3v) is 6.38. The van der Waals surface area contributed by atoms with Crippen molar-refractivity contribution in [2.45, 2.75) is 39.7 Å². The SMILES string of the molecule is CCN(CC)CCCC(C)NC(=NC)NCCN1CCS(=O)(=O)CC1.I. The van der Waals surface area contributed by atoms with E-state index in [1.54, 1.807) is 7.05 Å². The summed E-state index contributed by atoms with van der Waals surface area (Å²) in [7, 11) is -1.02. The van der Waals surface area contributed by atoms with E-state index in [2.05, 4.69) is 46.2 Å². The van der Waals surface area contributed by atoms with Gasteiger partial charge in [0, 0.05) is 39.3 Å². The van der Waals surface area contributed by atoms with E-state index in [4.69, 9.17) is 0 Å². The van der Waals surface area contributed by atoms with E-state index in [1.165, 1.54) is 6.42 Å². The lowest BCUT2D eigenvalue weighted by molar-refractivity contribution is 0.292. The van der Waals surface area contributed by atoms with Gasteiger partial charge >= 0.3 is 0 Å². The van der Waals surface area contributed by atoms with Crippen molar-refractivity contribution >= 4 is 39.8 Å². The highest BCUT2D eigenvalue weighted by atomic mass is 127. The van der Waals surface area contributed by atoms with Gasteiger partial charge in [-0.25, -0.2) is 8.42 Å². The smallest absolute Gasteiger partial charge is 0.191 e. The van der Waals surface area contributed by atoms with E-state index in [9.17, 15) is 8.42 Å². The van der Waals surface area contributed by atoms with Crippen molar-refractivity contribution in [2.24, 2.45) is 4.99 Å². The molecule has 1 heterocycles. The lowest BCUT2D eigenvalue weighted by Crippen LogP contribution is -2.47. The zero-order chi connectivity index (χ0) is 18.7. The highest BCUT2D eigenvalue weighted by molar-refractivity contribution is 14.0. The zero-order valence-electron chi connectivity index (χ0n) is 16.8. The number of aliphatic imine (C=N–C) groups is 1. The number of guanidine groups is 1. The largest absolute Gasteiger partial charge is 0.355 e. The molecule has 1 aliphatic rings. The summed E-state index contributed by atoms with van der Waals surface area (Å²) < 4.78 is 22.9. The molecule has 0 aromatic rings. The minimum absolute atomic E-state index is 0. The van der Waals surface area contributed by atoms with E-state index in [0.717, 1.165) is 45.1 Å². The summed E-state index contributed by atoms with van der Waals surface area (Å²) in [6.45, 7) is 12.8. The van der Waals surface area contributed by atoms with Crippen molar-refractivity contribution < 1.29 is 8.42 Å². The van der Waals surface area contributed by atoms with E-state index in [0.29, 0.717) is 19.1 Å². The van der Waals surface area contributed by atoms with E-state index in [1.807, 2.05) is 0 Å². The molecule has 26 heavy (non-hydrogen) atoms. The standard InChI is InChI=1S/C17H37N5O2S.HI/c1-5-21(6-2)10-7-8-16(3)20-17(18-4)19-9-11-22-12-14-25(23,24)15-13-22;/h16H,5-15H2,1-4H3,(H2,18,19,20);1H. The summed E-state index contributed by atoms with van der Waals surface area (Å²) in [5, 5.41) is 6.76. The van der Waals surface area contributed by atoms with Crippen molar-refractivity contribution in [1.29, 1.82) is 0 Å². The number of hydrogen-bond donors (Lipinski definition) is 2. The van der Waals surface area contributed by atoms with Gasteiger partial charge in [0.1, 0.15) is 0 Å². The molecule has 1 aliphatic heterocycles. The van der Waals surface area contributed by atoms with Gasteiger partial charge < -0.3 is 15.5 Å². The maximum atomic E-state index is 11.4. The van der Waals surface area contributed by atoms with E-state index < -0.39 is 9.84 Å². The molecule has 1 atom stereocenters. The fourth-order valence-electron chi connectivity index (χ4n) is 2.97. The van der Waals surface area contributed by atoms with Crippen molar-refractivity contribution in [3.05, 3.63) is 0 Å². The third kappa shape index (κ3) is 10.9. The maximum Gasteiger partial charge on any atom is 0.191 e. The quantitative estimate of drug-likeness (QED) is 0.263. The molecule has 0 aromatic heterocycles. The molecule has 1 saturated heterocycles. The zero-order valence-corrected chi connectivity index (χ0v) is 20.0. The molecule has 1 rings (SSSR count). The van der Waals surface area contributed by atoms with Crippen molar-refractivity contribution in [3.8, 4) is 0 Å². The molecule has 0 spiro atoms. The maximum absolute atomic E-state index is 11.4. The molecule has 1 fully saturated rings. The molecule has 0 amide bonds. The van der Waals surface area contributed by atoms with Gasteiger partial charge in [0.25, 0.3) is 0 Å². The van der Waals surface area contributed by atoms with Gasteiger partial charge in [0.15, 0.2) is 15.8 Å². The summed E-state index contributed by atoms with van der Waals surface area (Å²) in [5.41, 5.74) is 0. The lowest BCUT2D eigenvalue weighted by atomic mass is 10.2. The van der Waals surface area contributed by atoms with Gasteiger partial charge in [0.05, 0.1) is 11.5 Å². The Morgan fingerprint density at radius 2 is 1.85 bits per heavy atom. The fraction of sp³-hybridized carbons (Fsp3) is 0.941. The predicted molar refractivity (Wildman–Crippen MR) is 121 cm³/mol. The molecule has 2 N–H and O–H groups in total. The molecule has 0 bridgehead atoms. The average Bonchev–Trinajstić information content (AvgIpc) is 2.59. The Labute approximate surface area is 177 Å². The van der Waals surface area contributed by atoms with Crippen LogP contribution in [0.25, 0.3) is 0 Å². The Morgan fingerprint density at radius 1 is 1.23 bits per heavy atom. The summed E-state index contributed by atoms with van der Waals surface area (Å²) in [6.07, 6.45) is 2.29. The van der Waals surface area contributed by atoms with Gasteiger partial charge in [-0.3, -0.25) is 9.89 Å². The van der Waals surface area contributed by atoms with Gasteiger partial charge in [0.2, 0.25) is 0 Å². The number of rotatable bonds is 10. The van der Waals surface area contributed by atoms with Gasteiger partial charge in [-0.05, 0) is 39.4 Å². The average molecular weight is 503 g/mol. The van der Waals surface area contributed by atoms with Crippen LogP contribution in [0.1, 0.15) is 33.6 Å². The first kappa shape index (κ1) is 25.9. The molecule has 1 unspecified atom stereocenters. The van der Waals surface area contributed by atoms with E-state index in [-0.39, 0.29) is 35.5 Å². The first-order valence-electron chi connectivity index (χ1n) is 9.52. The monoisotopic (exact) mass is 503 g/mol. The van der Waals surface area contributed by atoms with Crippen molar-refractivity contribution in [2.75, 3.05) is 64.4 Å². The van der Waals surface area contributed by atoms with Crippen LogP contribution in [0.4, 0.5) is 0 Å². The van der Waals surface area contributed by atoms with Crippen LogP contribution in [-0.2, 0) is 9.84 Å². The molecule has 0 saturated carbocycles. The Morgan fingerprint density at radius 3 is 2.38 bits per heavy atom. The first-order chi connectivity index (χ1) is 11.9. The second-order valence-corrected chi connectivity index (χ2v) is 9.01. The summed E-state index contributed by atoms with van der Waals surface area (Å²) in [6, 6.07) is 0.377. The van der Waals surface area contributed by atoms with E-state index >= 15 is 0 Å². The number of nitrogens with zero attached hydrogens (tertiary/aromatic N) is 3. The Kier molecular flexibility index (Phi) is 13.9. The predicted octanol–water partition coefficient (Wildman–Crippen LogP) is 1.01. The Bertz CT molecular complexity index is 483. The highest BCUT2D eigenvalue weighted by Gasteiger charge is 2.20. The van der Waals surface area contributed by atoms with Crippen molar-refractivity contribution in [1.82, 2.24) is 20.4 Å². The van der Waals surface area contributed by atoms with Crippen LogP contribution < -0.4 is 10.6 Å². The lowest BCUT2D eigenvalue weighted by Gasteiger charge is -2.27. The second-order valence-electron chi connectivity index (χ2n) is 6.71. The van der Waals surface area contributed by atoms with Crippen LogP contribution in [0.3, 0.4) is 0 Å². The molecule has 7 nitrogen and oxygen atoms in total. The topological polar surface area (TPSA) is 77.0 Å².